The summed E-state index contributed by atoms with van der Waals surface area (Å²) in [4.78, 5) is 35.6. The van der Waals surface area contributed by atoms with Crippen LogP contribution in [0.5, 0.6) is 0 Å². The lowest BCUT2D eigenvalue weighted by Crippen LogP contribution is -2.40. The molecule has 1 heterocycles. The van der Waals surface area contributed by atoms with Gasteiger partial charge in [0.25, 0.3) is 11.8 Å². The lowest BCUT2D eigenvalue weighted by Gasteiger charge is -2.13. The van der Waals surface area contributed by atoms with Crippen LogP contribution in [0.1, 0.15) is 28.6 Å². The molecule has 0 saturated heterocycles. The number of anilines is 1. The smallest absolute Gasteiger partial charge is 0.328 e. The Bertz CT molecular complexity index is 768. The standard InChI is InChI=1S/C18H20N2O5/c1-11-6-7-12(2)14(9-11)20-16(21)10-25-18(23)13(3)19-17(22)15-5-4-8-24-15/h4-9,13H,10H2,1-3H3,(H,19,22)(H,20,21)/t13-/m0/s1. The average molecular weight is 344 g/mol. The van der Waals surface area contributed by atoms with Gasteiger partial charge in [0.1, 0.15) is 6.04 Å². The Labute approximate surface area is 145 Å². The second kappa shape index (κ2) is 8.14. The molecular formula is C18H20N2O5. The van der Waals surface area contributed by atoms with Gasteiger partial charge in [-0.25, -0.2) is 4.79 Å². The van der Waals surface area contributed by atoms with Crippen LogP contribution < -0.4 is 10.6 Å². The topological polar surface area (TPSA) is 97.6 Å². The number of aryl methyl sites for hydroxylation is 2. The van der Waals surface area contributed by atoms with E-state index in [0.29, 0.717) is 5.69 Å². The van der Waals surface area contributed by atoms with Crippen LogP contribution in [0.4, 0.5) is 5.69 Å². The summed E-state index contributed by atoms with van der Waals surface area (Å²) in [5.41, 5.74) is 2.58. The van der Waals surface area contributed by atoms with Crippen molar-refractivity contribution in [2.24, 2.45) is 0 Å². The minimum atomic E-state index is -0.911. The van der Waals surface area contributed by atoms with Gasteiger partial charge in [-0.15, -0.1) is 0 Å². The third-order valence-electron chi connectivity index (χ3n) is 3.46. The largest absolute Gasteiger partial charge is 0.459 e. The SMILES string of the molecule is Cc1ccc(C)c(NC(=O)COC(=O)[C@H](C)NC(=O)c2ccco2)c1. The van der Waals surface area contributed by atoms with Crippen molar-refractivity contribution in [3.05, 3.63) is 53.5 Å². The normalized spacial score (nSPS) is 11.5. The van der Waals surface area contributed by atoms with E-state index >= 15 is 0 Å². The minimum absolute atomic E-state index is 0.0901. The number of esters is 1. The van der Waals surface area contributed by atoms with E-state index in [1.54, 1.807) is 6.07 Å². The Morgan fingerprint density at radius 1 is 1.20 bits per heavy atom. The molecule has 25 heavy (non-hydrogen) atoms. The molecule has 2 aromatic rings. The summed E-state index contributed by atoms with van der Waals surface area (Å²) in [6.45, 7) is 4.81. The molecule has 1 atom stereocenters. The highest BCUT2D eigenvalue weighted by Crippen LogP contribution is 2.16. The zero-order chi connectivity index (χ0) is 18.4. The van der Waals surface area contributed by atoms with Crippen molar-refractivity contribution < 1.29 is 23.5 Å². The van der Waals surface area contributed by atoms with E-state index in [2.05, 4.69) is 10.6 Å². The first kappa shape index (κ1) is 18.3. The molecule has 2 rings (SSSR count). The number of carbonyl (C=O) groups is 3. The van der Waals surface area contributed by atoms with E-state index in [1.165, 1.54) is 19.3 Å². The number of benzene rings is 1. The van der Waals surface area contributed by atoms with Crippen molar-refractivity contribution in [1.29, 1.82) is 0 Å². The van der Waals surface area contributed by atoms with Gasteiger partial charge in [-0.2, -0.15) is 0 Å². The van der Waals surface area contributed by atoms with Crippen LogP contribution in [0.25, 0.3) is 0 Å². The van der Waals surface area contributed by atoms with Gasteiger partial charge in [0.05, 0.1) is 6.26 Å². The highest BCUT2D eigenvalue weighted by atomic mass is 16.5. The van der Waals surface area contributed by atoms with Gasteiger partial charge in [-0.05, 0) is 50.1 Å². The fourth-order valence-corrected chi connectivity index (χ4v) is 2.05. The van der Waals surface area contributed by atoms with Gasteiger partial charge in [-0.3, -0.25) is 9.59 Å². The van der Waals surface area contributed by atoms with Crippen LogP contribution in [0.3, 0.4) is 0 Å². The van der Waals surface area contributed by atoms with E-state index in [4.69, 9.17) is 9.15 Å². The molecule has 7 heteroatoms. The average Bonchev–Trinajstić information content (AvgIpc) is 3.10. The van der Waals surface area contributed by atoms with Crippen LogP contribution in [-0.4, -0.2) is 30.4 Å². The summed E-state index contributed by atoms with van der Waals surface area (Å²) in [5.74, 6) is -1.61. The maximum absolute atomic E-state index is 11.9. The van der Waals surface area contributed by atoms with E-state index in [1.807, 2.05) is 32.0 Å². The molecule has 1 aromatic heterocycles. The number of rotatable bonds is 6. The van der Waals surface area contributed by atoms with Crippen LogP contribution in [0.2, 0.25) is 0 Å². The number of amides is 2. The zero-order valence-corrected chi connectivity index (χ0v) is 14.3. The fourth-order valence-electron chi connectivity index (χ4n) is 2.05. The Morgan fingerprint density at radius 3 is 2.64 bits per heavy atom. The van der Waals surface area contributed by atoms with E-state index in [0.717, 1.165) is 11.1 Å². The summed E-state index contributed by atoms with van der Waals surface area (Å²) in [7, 11) is 0. The molecule has 0 aliphatic carbocycles. The Hall–Kier alpha value is -3.09. The fraction of sp³-hybridized carbons (Fsp3) is 0.278. The minimum Gasteiger partial charge on any atom is -0.459 e. The summed E-state index contributed by atoms with van der Waals surface area (Å²) in [6, 6.07) is 7.80. The van der Waals surface area contributed by atoms with Crippen molar-refractivity contribution in [1.82, 2.24) is 5.32 Å². The summed E-state index contributed by atoms with van der Waals surface area (Å²) < 4.78 is 9.86. The molecule has 2 N–H and O–H groups in total. The molecule has 0 aliphatic heterocycles. The number of furan rings is 1. The van der Waals surface area contributed by atoms with Crippen LogP contribution >= 0.6 is 0 Å². The number of hydrogen-bond acceptors (Lipinski definition) is 5. The molecular weight excluding hydrogens is 324 g/mol. The van der Waals surface area contributed by atoms with Crippen molar-refractivity contribution in [2.45, 2.75) is 26.8 Å². The molecule has 0 bridgehead atoms. The first-order valence-electron chi connectivity index (χ1n) is 7.75. The number of nitrogens with one attached hydrogen (secondary N) is 2. The number of carbonyl (C=O) groups excluding carboxylic acids is 3. The highest BCUT2D eigenvalue weighted by molar-refractivity contribution is 5.96. The first-order valence-corrected chi connectivity index (χ1v) is 7.75. The first-order chi connectivity index (χ1) is 11.9. The van der Waals surface area contributed by atoms with Gasteiger partial charge in [-0.1, -0.05) is 12.1 Å². The lowest BCUT2D eigenvalue weighted by molar-refractivity contribution is -0.148. The molecule has 0 fully saturated rings. The van der Waals surface area contributed by atoms with Gasteiger partial charge >= 0.3 is 5.97 Å². The molecule has 132 valence electrons. The second-order valence-corrected chi connectivity index (χ2v) is 5.65. The van der Waals surface area contributed by atoms with E-state index < -0.39 is 30.4 Å². The zero-order valence-electron chi connectivity index (χ0n) is 14.3. The van der Waals surface area contributed by atoms with Gasteiger partial charge in [0.2, 0.25) is 0 Å². The predicted molar refractivity (Wildman–Crippen MR) is 91.1 cm³/mol. The molecule has 0 radical (unpaired) electrons. The molecule has 7 nitrogen and oxygen atoms in total. The number of hydrogen-bond donors (Lipinski definition) is 2. The molecule has 0 unspecified atom stereocenters. The van der Waals surface area contributed by atoms with Crippen molar-refractivity contribution in [3.63, 3.8) is 0 Å². The Morgan fingerprint density at radius 2 is 1.96 bits per heavy atom. The summed E-state index contributed by atoms with van der Waals surface area (Å²) >= 11 is 0. The van der Waals surface area contributed by atoms with E-state index in [-0.39, 0.29) is 5.76 Å². The second-order valence-electron chi connectivity index (χ2n) is 5.65. The Kier molecular flexibility index (Phi) is 5.94. The predicted octanol–water partition coefficient (Wildman–Crippen LogP) is 2.20. The van der Waals surface area contributed by atoms with Gasteiger partial charge in [0.15, 0.2) is 12.4 Å². The molecule has 0 saturated carbocycles. The maximum Gasteiger partial charge on any atom is 0.328 e. The van der Waals surface area contributed by atoms with Gasteiger partial charge in [0, 0.05) is 5.69 Å². The van der Waals surface area contributed by atoms with Crippen molar-refractivity contribution in [3.8, 4) is 0 Å². The molecule has 0 spiro atoms. The monoisotopic (exact) mass is 344 g/mol. The third-order valence-corrected chi connectivity index (χ3v) is 3.46. The summed E-state index contributed by atoms with van der Waals surface area (Å²) in [6.07, 6.45) is 1.36. The quantitative estimate of drug-likeness (QED) is 0.783. The third kappa shape index (κ3) is 5.20. The highest BCUT2D eigenvalue weighted by Gasteiger charge is 2.20. The van der Waals surface area contributed by atoms with Crippen molar-refractivity contribution in [2.75, 3.05) is 11.9 Å². The van der Waals surface area contributed by atoms with Crippen LogP contribution in [0.15, 0.2) is 41.0 Å². The molecule has 2 amide bonds. The maximum atomic E-state index is 11.9. The number of ether oxygens (including phenoxy) is 1. The molecule has 0 aliphatic rings. The Balaban J connectivity index is 1.81. The molecule has 1 aromatic carbocycles. The van der Waals surface area contributed by atoms with Gasteiger partial charge < -0.3 is 19.8 Å². The lowest BCUT2D eigenvalue weighted by atomic mass is 10.1. The van der Waals surface area contributed by atoms with Crippen molar-refractivity contribution >= 4 is 23.5 Å². The summed E-state index contributed by atoms with van der Waals surface area (Å²) in [5, 5.41) is 5.12. The van der Waals surface area contributed by atoms with Crippen LogP contribution in [-0.2, 0) is 14.3 Å². The van der Waals surface area contributed by atoms with Crippen LogP contribution in [0, 0.1) is 13.8 Å². The van der Waals surface area contributed by atoms with E-state index in [9.17, 15) is 14.4 Å².